The molecule has 1 aromatic rings. The van der Waals surface area contributed by atoms with E-state index >= 15 is 0 Å². The molecule has 100 valence electrons. The lowest BCUT2D eigenvalue weighted by Gasteiger charge is -2.15. The van der Waals surface area contributed by atoms with Crippen LogP contribution in [0.1, 0.15) is 15.9 Å². The second-order valence-corrected chi connectivity index (χ2v) is 4.39. The molecule has 1 aliphatic heterocycles. The molecule has 5 nitrogen and oxygen atoms in total. The summed E-state index contributed by atoms with van der Waals surface area (Å²) in [5.74, 6) is 5.00. The number of carbonyl (C=O) groups is 1. The molecule has 19 heavy (non-hydrogen) atoms. The summed E-state index contributed by atoms with van der Waals surface area (Å²) in [6.45, 7) is 0.0295. The van der Waals surface area contributed by atoms with Crippen LogP contribution >= 0.6 is 0 Å². The van der Waals surface area contributed by atoms with Crippen LogP contribution in [0.15, 0.2) is 24.3 Å². The molecule has 0 bridgehead atoms. The fraction of sp³-hybridized carbons (Fsp3) is 0.357. The van der Waals surface area contributed by atoms with Crippen molar-refractivity contribution in [2.45, 2.75) is 12.2 Å². The summed E-state index contributed by atoms with van der Waals surface area (Å²) in [4.78, 5) is 13.6. The molecule has 1 saturated heterocycles. The first-order valence-corrected chi connectivity index (χ1v) is 5.97. The molecule has 0 radical (unpaired) electrons. The van der Waals surface area contributed by atoms with Crippen LogP contribution in [0.5, 0.6) is 0 Å². The number of carbonyl (C=O) groups excluding carboxylic acids is 1. The quantitative estimate of drug-likeness (QED) is 0.579. The Hall–Kier alpha value is -1.87. The first-order valence-electron chi connectivity index (χ1n) is 5.97. The van der Waals surface area contributed by atoms with E-state index in [4.69, 9.17) is 5.11 Å². The Morgan fingerprint density at radius 3 is 2.63 bits per heavy atom. The molecule has 2 rings (SSSR count). The van der Waals surface area contributed by atoms with Gasteiger partial charge in [0.05, 0.1) is 12.2 Å². The number of benzene rings is 1. The molecule has 1 aromatic carbocycles. The summed E-state index contributed by atoms with van der Waals surface area (Å²) in [5.41, 5.74) is 1.09. The second kappa shape index (κ2) is 5.85. The van der Waals surface area contributed by atoms with Crippen molar-refractivity contribution in [3.05, 3.63) is 35.4 Å². The van der Waals surface area contributed by atoms with Gasteiger partial charge in [-0.05, 0) is 18.2 Å². The van der Waals surface area contributed by atoms with Crippen molar-refractivity contribution in [2.75, 3.05) is 19.7 Å². The first-order chi connectivity index (χ1) is 9.11. The van der Waals surface area contributed by atoms with Gasteiger partial charge in [-0.25, -0.2) is 0 Å². The standard InChI is InChI=1S/C14H15NO4/c16-6-2-4-10-3-1-5-11(7-10)14(19)15-8-12(17)13(18)9-15/h1,3,5,7,12-13,16-18H,6,8-9H2. The maximum Gasteiger partial charge on any atom is 0.254 e. The molecular formula is C14H15NO4. The lowest BCUT2D eigenvalue weighted by atomic mass is 10.1. The van der Waals surface area contributed by atoms with E-state index in [1.54, 1.807) is 24.3 Å². The Labute approximate surface area is 111 Å². The average molecular weight is 261 g/mol. The SMILES string of the molecule is O=C(c1cccc(C#CCO)c1)N1CC(O)C(O)C1. The van der Waals surface area contributed by atoms with Gasteiger partial charge < -0.3 is 20.2 Å². The summed E-state index contributed by atoms with van der Waals surface area (Å²) in [7, 11) is 0. The van der Waals surface area contributed by atoms with Gasteiger partial charge >= 0.3 is 0 Å². The summed E-state index contributed by atoms with van der Waals surface area (Å²) in [6.07, 6.45) is -1.78. The molecule has 0 saturated carbocycles. The molecule has 0 spiro atoms. The van der Waals surface area contributed by atoms with Crippen LogP contribution in [0.25, 0.3) is 0 Å². The van der Waals surface area contributed by atoms with Crippen molar-refractivity contribution in [1.29, 1.82) is 0 Å². The Bertz CT molecular complexity index is 522. The van der Waals surface area contributed by atoms with E-state index in [0.717, 1.165) is 0 Å². The highest BCUT2D eigenvalue weighted by Gasteiger charge is 2.32. The predicted octanol–water partition coefficient (Wildman–Crippen LogP) is -0.792. The molecule has 1 fully saturated rings. The molecule has 0 aliphatic carbocycles. The number of aliphatic hydroxyl groups excluding tert-OH is 3. The molecule has 5 heteroatoms. The first kappa shape index (κ1) is 13.6. The van der Waals surface area contributed by atoms with Crippen molar-refractivity contribution in [3.8, 4) is 11.8 Å². The highest BCUT2D eigenvalue weighted by molar-refractivity contribution is 5.94. The summed E-state index contributed by atoms with van der Waals surface area (Å²) >= 11 is 0. The van der Waals surface area contributed by atoms with Crippen molar-refractivity contribution < 1.29 is 20.1 Å². The Morgan fingerprint density at radius 1 is 1.32 bits per heavy atom. The van der Waals surface area contributed by atoms with Gasteiger partial charge in [0.15, 0.2) is 0 Å². The fourth-order valence-corrected chi connectivity index (χ4v) is 1.99. The van der Waals surface area contributed by atoms with E-state index in [0.29, 0.717) is 11.1 Å². The van der Waals surface area contributed by atoms with E-state index in [9.17, 15) is 15.0 Å². The highest BCUT2D eigenvalue weighted by Crippen LogP contribution is 2.15. The van der Waals surface area contributed by atoms with Gasteiger partial charge in [0.2, 0.25) is 0 Å². The molecule has 2 unspecified atom stereocenters. The van der Waals surface area contributed by atoms with E-state index in [1.165, 1.54) is 4.90 Å². The predicted molar refractivity (Wildman–Crippen MR) is 68.3 cm³/mol. The van der Waals surface area contributed by atoms with Gasteiger partial charge in [-0.15, -0.1) is 0 Å². The van der Waals surface area contributed by atoms with E-state index < -0.39 is 12.2 Å². The number of nitrogens with zero attached hydrogens (tertiary/aromatic N) is 1. The molecule has 0 aromatic heterocycles. The number of aliphatic hydroxyl groups is 3. The number of likely N-dealkylation sites (tertiary alicyclic amines) is 1. The minimum atomic E-state index is -0.888. The van der Waals surface area contributed by atoms with E-state index in [2.05, 4.69) is 11.8 Å². The van der Waals surface area contributed by atoms with Gasteiger partial charge in [0.1, 0.15) is 6.61 Å². The zero-order chi connectivity index (χ0) is 13.8. The molecular weight excluding hydrogens is 246 g/mol. The van der Waals surface area contributed by atoms with Crippen LogP contribution < -0.4 is 0 Å². The maximum absolute atomic E-state index is 12.2. The zero-order valence-corrected chi connectivity index (χ0v) is 10.3. The molecule has 1 amide bonds. The largest absolute Gasteiger partial charge is 0.388 e. The number of amides is 1. The van der Waals surface area contributed by atoms with Gasteiger partial charge in [-0.2, -0.15) is 0 Å². The topological polar surface area (TPSA) is 81.0 Å². The van der Waals surface area contributed by atoms with Crippen LogP contribution in [0, 0.1) is 11.8 Å². The fourth-order valence-electron chi connectivity index (χ4n) is 1.99. The van der Waals surface area contributed by atoms with Crippen molar-refractivity contribution >= 4 is 5.91 Å². The third-order valence-corrected chi connectivity index (χ3v) is 2.97. The zero-order valence-electron chi connectivity index (χ0n) is 10.3. The second-order valence-electron chi connectivity index (χ2n) is 4.39. The third-order valence-electron chi connectivity index (χ3n) is 2.97. The number of hydrogen-bond acceptors (Lipinski definition) is 4. The number of hydrogen-bond donors (Lipinski definition) is 3. The number of rotatable bonds is 1. The Balaban J connectivity index is 2.16. The van der Waals surface area contributed by atoms with Gasteiger partial charge in [-0.3, -0.25) is 4.79 Å². The maximum atomic E-state index is 12.2. The van der Waals surface area contributed by atoms with Crippen LogP contribution in [0.2, 0.25) is 0 Å². The molecule has 2 atom stereocenters. The van der Waals surface area contributed by atoms with Crippen molar-refractivity contribution in [3.63, 3.8) is 0 Å². The highest BCUT2D eigenvalue weighted by atomic mass is 16.3. The van der Waals surface area contributed by atoms with Gasteiger partial charge in [0.25, 0.3) is 5.91 Å². The summed E-state index contributed by atoms with van der Waals surface area (Å²) in [6, 6.07) is 6.73. The lowest BCUT2D eigenvalue weighted by Crippen LogP contribution is -2.29. The van der Waals surface area contributed by atoms with E-state index in [-0.39, 0.29) is 25.6 Å². The molecule has 3 N–H and O–H groups in total. The minimum Gasteiger partial charge on any atom is -0.388 e. The van der Waals surface area contributed by atoms with Crippen molar-refractivity contribution in [1.82, 2.24) is 4.90 Å². The monoisotopic (exact) mass is 261 g/mol. The average Bonchev–Trinajstić information content (AvgIpc) is 2.76. The minimum absolute atomic E-state index is 0.131. The molecule has 1 heterocycles. The van der Waals surface area contributed by atoms with E-state index in [1.807, 2.05) is 0 Å². The van der Waals surface area contributed by atoms with Crippen LogP contribution in [-0.2, 0) is 0 Å². The van der Waals surface area contributed by atoms with Gasteiger partial charge in [0, 0.05) is 24.2 Å². The van der Waals surface area contributed by atoms with Crippen LogP contribution in [0.4, 0.5) is 0 Å². The Morgan fingerprint density at radius 2 is 2.00 bits per heavy atom. The smallest absolute Gasteiger partial charge is 0.254 e. The number of β-amino-alcohol motifs (C(OH)–C–C–N with tert-alkyl or cyclic N) is 2. The Kier molecular flexibility index (Phi) is 4.17. The summed E-state index contributed by atoms with van der Waals surface area (Å²) in [5, 5.41) is 27.5. The van der Waals surface area contributed by atoms with Crippen LogP contribution in [-0.4, -0.2) is 58.0 Å². The lowest BCUT2D eigenvalue weighted by molar-refractivity contribution is 0.0572. The third kappa shape index (κ3) is 3.12. The van der Waals surface area contributed by atoms with Crippen molar-refractivity contribution in [2.24, 2.45) is 0 Å². The molecule has 1 aliphatic rings. The summed E-state index contributed by atoms with van der Waals surface area (Å²) < 4.78 is 0. The van der Waals surface area contributed by atoms with Crippen LogP contribution in [0.3, 0.4) is 0 Å². The normalized spacial score (nSPS) is 21.9. The van der Waals surface area contributed by atoms with Gasteiger partial charge in [-0.1, -0.05) is 17.9 Å².